The van der Waals surface area contributed by atoms with Gasteiger partial charge in [-0.3, -0.25) is 0 Å². The normalized spacial score (nSPS) is 42.4. The van der Waals surface area contributed by atoms with Crippen molar-refractivity contribution in [2.45, 2.75) is 50.5 Å². The quantitative estimate of drug-likeness (QED) is 0.497. The summed E-state index contributed by atoms with van der Waals surface area (Å²) in [5.74, 6) is -0.134. The Morgan fingerprint density at radius 1 is 1.06 bits per heavy atom. The molecule has 5 nitrogen and oxygen atoms in total. The molecule has 0 spiro atoms. The molecule has 0 bridgehead atoms. The summed E-state index contributed by atoms with van der Waals surface area (Å²) in [4.78, 5) is 0. The first-order chi connectivity index (χ1) is 7.40. The first-order valence-corrected chi connectivity index (χ1v) is 5.34. The first-order valence-electron chi connectivity index (χ1n) is 5.34. The second kappa shape index (κ2) is 5.37. The second-order valence-corrected chi connectivity index (χ2v) is 4.48. The largest absolute Gasteiger partial charge is 0.393 e. The van der Waals surface area contributed by atoms with Crippen molar-refractivity contribution in [2.24, 2.45) is 5.92 Å². The molecule has 1 fully saturated rings. The Hall–Kier alpha value is -0.270. The SMILES string of the molecule is CC(C)C1OC([C@H](F)CO)C(O)C(O)C1O. The number of ether oxygens (including phenoxy) is 1. The zero-order valence-corrected chi connectivity index (χ0v) is 9.32. The smallest absolute Gasteiger partial charge is 0.152 e. The van der Waals surface area contributed by atoms with E-state index in [2.05, 4.69) is 0 Å². The molecule has 0 saturated carbocycles. The van der Waals surface area contributed by atoms with Crippen LogP contribution in [0.25, 0.3) is 0 Å². The molecule has 0 aliphatic carbocycles. The second-order valence-electron chi connectivity index (χ2n) is 4.48. The van der Waals surface area contributed by atoms with Crippen LogP contribution in [0.5, 0.6) is 0 Å². The minimum Gasteiger partial charge on any atom is -0.393 e. The van der Waals surface area contributed by atoms with Crippen LogP contribution in [-0.4, -0.2) is 63.7 Å². The number of aliphatic hydroxyl groups excluding tert-OH is 4. The fourth-order valence-corrected chi connectivity index (χ4v) is 1.89. The molecule has 1 rings (SSSR count). The lowest BCUT2D eigenvalue weighted by molar-refractivity contribution is -0.246. The molecule has 5 unspecified atom stereocenters. The lowest BCUT2D eigenvalue weighted by Gasteiger charge is -2.43. The molecule has 0 radical (unpaired) electrons. The standard InChI is InChI=1S/C10H19FO5/c1-4(2)9-7(14)6(13)8(15)10(16-9)5(11)3-12/h4-10,12-15H,3H2,1-2H3/t5-,6?,7?,8?,9?,10?/m1/s1. The number of hydrogen-bond acceptors (Lipinski definition) is 5. The molecule has 1 heterocycles. The third-order valence-corrected chi connectivity index (χ3v) is 2.88. The number of halogens is 1. The van der Waals surface area contributed by atoms with Crippen molar-refractivity contribution < 1.29 is 29.6 Å². The fourth-order valence-electron chi connectivity index (χ4n) is 1.89. The summed E-state index contributed by atoms with van der Waals surface area (Å²) in [5, 5.41) is 37.4. The van der Waals surface area contributed by atoms with Gasteiger partial charge in [0.25, 0.3) is 0 Å². The summed E-state index contributed by atoms with van der Waals surface area (Å²) in [6.07, 6.45) is -8.09. The summed E-state index contributed by atoms with van der Waals surface area (Å²) >= 11 is 0. The maximum absolute atomic E-state index is 13.3. The van der Waals surface area contributed by atoms with Crippen LogP contribution in [0.3, 0.4) is 0 Å². The van der Waals surface area contributed by atoms with Crippen molar-refractivity contribution in [3.8, 4) is 0 Å². The molecule has 0 aromatic heterocycles. The van der Waals surface area contributed by atoms with Crippen LogP contribution in [-0.2, 0) is 4.74 Å². The van der Waals surface area contributed by atoms with Crippen molar-refractivity contribution in [2.75, 3.05) is 6.61 Å². The van der Waals surface area contributed by atoms with Gasteiger partial charge in [-0.2, -0.15) is 0 Å². The Labute approximate surface area is 93.5 Å². The molecular formula is C10H19FO5. The Morgan fingerprint density at radius 2 is 1.56 bits per heavy atom. The van der Waals surface area contributed by atoms with E-state index in [1.165, 1.54) is 0 Å². The van der Waals surface area contributed by atoms with Crippen LogP contribution in [0.1, 0.15) is 13.8 Å². The van der Waals surface area contributed by atoms with E-state index in [-0.39, 0.29) is 5.92 Å². The van der Waals surface area contributed by atoms with Crippen LogP contribution in [0.4, 0.5) is 4.39 Å². The Bertz CT molecular complexity index is 225. The molecule has 1 aliphatic rings. The highest BCUT2D eigenvalue weighted by Gasteiger charge is 2.47. The molecular weight excluding hydrogens is 219 g/mol. The minimum absolute atomic E-state index is 0.134. The van der Waals surface area contributed by atoms with Gasteiger partial charge in [0.15, 0.2) is 6.17 Å². The van der Waals surface area contributed by atoms with Gasteiger partial charge in [0.2, 0.25) is 0 Å². The monoisotopic (exact) mass is 238 g/mol. The summed E-state index contributed by atoms with van der Waals surface area (Å²) in [5.41, 5.74) is 0. The summed E-state index contributed by atoms with van der Waals surface area (Å²) < 4.78 is 18.5. The Balaban J connectivity index is 2.81. The van der Waals surface area contributed by atoms with E-state index in [9.17, 15) is 19.7 Å². The lowest BCUT2D eigenvalue weighted by atomic mass is 9.88. The van der Waals surface area contributed by atoms with Crippen LogP contribution >= 0.6 is 0 Å². The van der Waals surface area contributed by atoms with Gasteiger partial charge in [0, 0.05) is 0 Å². The highest BCUT2D eigenvalue weighted by atomic mass is 19.1. The minimum atomic E-state index is -1.78. The van der Waals surface area contributed by atoms with Crippen molar-refractivity contribution in [3.05, 3.63) is 0 Å². The molecule has 1 saturated heterocycles. The van der Waals surface area contributed by atoms with Gasteiger partial charge >= 0.3 is 0 Å². The van der Waals surface area contributed by atoms with E-state index < -0.39 is 43.3 Å². The highest BCUT2D eigenvalue weighted by molar-refractivity contribution is 4.95. The average Bonchev–Trinajstić information content (AvgIpc) is 2.25. The molecule has 4 N–H and O–H groups in total. The summed E-state index contributed by atoms with van der Waals surface area (Å²) in [7, 11) is 0. The Kier molecular flexibility index (Phi) is 4.63. The number of hydrogen-bond donors (Lipinski definition) is 4. The van der Waals surface area contributed by atoms with Crippen LogP contribution in [0.15, 0.2) is 0 Å². The first kappa shape index (κ1) is 13.8. The van der Waals surface area contributed by atoms with Gasteiger partial charge in [-0.1, -0.05) is 13.8 Å². The predicted molar refractivity (Wildman–Crippen MR) is 53.5 cm³/mol. The molecule has 16 heavy (non-hydrogen) atoms. The highest BCUT2D eigenvalue weighted by Crippen LogP contribution is 2.28. The van der Waals surface area contributed by atoms with E-state index in [1.54, 1.807) is 13.8 Å². The number of aliphatic hydroxyl groups is 4. The van der Waals surface area contributed by atoms with E-state index in [0.29, 0.717) is 0 Å². The zero-order valence-electron chi connectivity index (χ0n) is 9.32. The topological polar surface area (TPSA) is 90.2 Å². The zero-order chi connectivity index (χ0) is 12.5. The molecule has 0 aromatic rings. The summed E-state index contributed by atoms with van der Waals surface area (Å²) in [6, 6.07) is 0. The predicted octanol–water partition coefficient (Wildman–Crippen LogP) is -1.18. The molecule has 96 valence electrons. The van der Waals surface area contributed by atoms with Gasteiger partial charge in [-0.05, 0) is 5.92 Å². The van der Waals surface area contributed by atoms with Gasteiger partial charge in [0.05, 0.1) is 12.7 Å². The van der Waals surface area contributed by atoms with Crippen LogP contribution < -0.4 is 0 Å². The van der Waals surface area contributed by atoms with Crippen molar-refractivity contribution >= 4 is 0 Å². The van der Waals surface area contributed by atoms with Crippen LogP contribution in [0.2, 0.25) is 0 Å². The van der Waals surface area contributed by atoms with Gasteiger partial charge in [-0.25, -0.2) is 4.39 Å². The molecule has 0 amide bonds. The van der Waals surface area contributed by atoms with E-state index >= 15 is 0 Å². The number of alkyl halides is 1. The van der Waals surface area contributed by atoms with Crippen LogP contribution in [0, 0.1) is 5.92 Å². The van der Waals surface area contributed by atoms with Gasteiger partial charge in [0.1, 0.15) is 24.4 Å². The third kappa shape index (κ3) is 2.52. The van der Waals surface area contributed by atoms with E-state index in [0.717, 1.165) is 0 Å². The molecule has 6 heteroatoms. The lowest BCUT2D eigenvalue weighted by Crippen LogP contribution is -2.61. The average molecular weight is 238 g/mol. The molecule has 0 aromatic carbocycles. The van der Waals surface area contributed by atoms with Crippen molar-refractivity contribution in [1.82, 2.24) is 0 Å². The number of rotatable bonds is 3. The van der Waals surface area contributed by atoms with E-state index in [1.807, 2.05) is 0 Å². The van der Waals surface area contributed by atoms with Gasteiger partial charge < -0.3 is 25.2 Å². The van der Waals surface area contributed by atoms with Gasteiger partial charge in [-0.15, -0.1) is 0 Å². The maximum atomic E-state index is 13.3. The maximum Gasteiger partial charge on any atom is 0.152 e. The molecule has 1 aliphatic heterocycles. The third-order valence-electron chi connectivity index (χ3n) is 2.88. The van der Waals surface area contributed by atoms with Crippen molar-refractivity contribution in [1.29, 1.82) is 0 Å². The fraction of sp³-hybridized carbons (Fsp3) is 1.00. The Morgan fingerprint density at radius 3 is 2.00 bits per heavy atom. The van der Waals surface area contributed by atoms with Crippen molar-refractivity contribution in [3.63, 3.8) is 0 Å². The summed E-state index contributed by atoms with van der Waals surface area (Å²) in [6.45, 7) is 2.71. The molecule has 6 atom stereocenters. The van der Waals surface area contributed by atoms with E-state index in [4.69, 9.17) is 9.84 Å².